The lowest BCUT2D eigenvalue weighted by atomic mass is 9.95. The maximum Gasteiger partial charge on any atom is 0.134 e. The van der Waals surface area contributed by atoms with Crippen molar-refractivity contribution in [1.82, 2.24) is 0 Å². The number of aryl methyl sites for hydroxylation is 3. The third kappa shape index (κ3) is 2.59. The maximum atomic E-state index is 10.7. The third-order valence-corrected chi connectivity index (χ3v) is 4.07. The van der Waals surface area contributed by atoms with E-state index in [0.29, 0.717) is 6.42 Å². The number of fused-ring (bicyclic) bond motifs is 1. The molecule has 1 unspecified atom stereocenters. The predicted octanol–water partition coefficient (Wildman–Crippen LogP) is 4.63. The zero-order valence-electron chi connectivity index (χ0n) is 12.7. The van der Waals surface area contributed by atoms with Gasteiger partial charge >= 0.3 is 0 Å². The number of para-hydroxylation sites is 1. The van der Waals surface area contributed by atoms with E-state index >= 15 is 0 Å². The molecule has 0 saturated carbocycles. The normalized spacial score (nSPS) is 12.8. The van der Waals surface area contributed by atoms with Crippen molar-refractivity contribution < 1.29 is 9.52 Å². The lowest BCUT2D eigenvalue weighted by molar-refractivity contribution is 0.177. The van der Waals surface area contributed by atoms with Gasteiger partial charge in [0.15, 0.2) is 0 Å². The third-order valence-electron chi connectivity index (χ3n) is 4.07. The van der Waals surface area contributed by atoms with Crippen LogP contribution in [0.5, 0.6) is 0 Å². The molecule has 0 aliphatic rings. The quantitative estimate of drug-likeness (QED) is 0.758. The van der Waals surface area contributed by atoms with E-state index in [9.17, 15) is 5.11 Å². The van der Waals surface area contributed by atoms with E-state index in [1.54, 1.807) is 0 Å². The molecule has 0 aliphatic carbocycles. The van der Waals surface area contributed by atoms with Crippen LogP contribution in [-0.2, 0) is 6.42 Å². The SMILES string of the molecule is Cc1ccc(C)c(CC(O)c2c(C)oc3ccccc23)c1. The van der Waals surface area contributed by atoms with Gasteiger partial charge in [0.2, 0.25) is 0 Å². The Balaban J connectivity index is 1.99. The Labute approximate surface area is 125 Å². The van der Waals surface area contributed by atoms with Crippen molar-refractivity contribution in [2.75, 3.05) is 0 Å². The van der Waals surface area contributed by atoms with Crippen LogP contribution < -0.4 is 0 Å². The molecule has 3 aromatic rings. The van der Waals surface area contributed by atoms with Gasteiger partial charge in [-0.2, -0.15) is 0 Å². The van der Waals surface area contributed by atoms with E-state index in [-0.39, 0.29) is 0 Å². The Hall–Kier alpha value is -2.06. The summed E-state index contributed by atoms with van der Waals surface area (Å²) >= 11 is 0. The molecule has 2 nitrogen and oxygen atoms in total. The highest BCUT2D eigenvalue weighted by Gasteiger charge is 2.19. The van der Waals surface area contributed by atoms with E-state index in [1.807, 2.05) is 31.2 Å². The second kappa shape index (κ2) is 5.38. The molecule has 1 atom stereocenters. The van der Waals surface area contributed by atoms with E-state index < -0.39 is 6.10 Å². The van der Waals surface area contributed by atoms with Crippen molar-refractivity contribution in [2.45, 2.75) is 33.3 Å². The van der Waals surface area contributed by atoms with Crippen LogP contribution in [0.2, 0.25) is 0 Å². The van der Waals surface area contributed by atoms with Crippen molar-refractivity contribution in [3.05, 3.63) is 70.5 Å². The highest BCUT2D eigenvalue weighted by molar-refractivity contribution is 5.82. The van der Waals surface area contributed by atoms with Gasteiger partial charge in [0.05, 0.1) is 6.10 Å². The summed E-state index contributed by atoms with van der Waals surface area (Å²) in [4.78, 5) is 0. The molecule has 1 N–H and O–H groups in total. The fourth-order valence-electron chi connectivity index (χ4n) is 2.93. The minimum Gasteiger partial charge on any atom is -0.461 e. The topological polar surface area (TPSA) is 33.4 Å². The molecule has 0 saturated heterocycles. The van der Waals surface area contributed by atoms with Gasteiger partial charge in [-0.05, 0) is 38.0 Å². The number of furan rings is 1. The van der Waals surface area contributed by atoms with Crippen LogP contribution in [0.25, 0.3) is 11.0 Å². The first kappa shape index (κ1) is 13.9. The van der Waals surface area contributed by atoms with Crippen molar-refractivity contribution in [3.8, 4) is 0 Å². The molecule has 1 aromatic heterocycles. The smallest absolute Gasteiger partial charge is 0.134 e. The summed E-state index contributed by atoms with van der Waals surface area (Å²) in [5, 5.41) is 11.7. The number of benzene rings is 2. The van der Waals surface area contributed by atoms with Crippen LogP contribution in [0.1, 0.15) is 34.1 Å². The lowest BCUT2D eigenvalue weighted by Crippen LogP contribution is -2.04. The lowest BCUT2D eigenvalue weighted by Gasteiger charge is -2.13. The van der Waals surface area contributed by atoms with Gasteiger partial charge in [0.1, 0.15) is 11.3 Å². The molecule has 0 radical (unpaired) electrons. The molecule has 0 spiro atoms. The zero-order valence-corrected chi connectivity index (χ0v) is 12.7. The van der Waals surface area contributed by atoms with Crippen molar-refractivity contribution in [1.29, 1.82) is 0 Å². The minimum atomic E-state index is -0.547. The Morgan fingerprint density at radius 3 is 2.62 bits per heavy atom. The van der Waals surface area contributed by atoms with Crippen LogP contribution in [-0.4, -0.2) is 5.11 Å². The molecule has 0 aliphatic heterocycles. The predicted molar refractivity (Wildman–Crippen MR) is 85.5 cm³/mol. The maximum absolute atomic E-state index is 10.7. The van der Waals surface area contributed by atoms with Crippen LogP contribution in [0.3, 0.4) is 0 Å². The summed E-state index contributed by atoms with van der Waals surface area (Å²) in [5.41, 5.74) is 5.37. The van der Waals surface area contributed by atoms with E-state index in [0.717, 1.165) is 22.3 Å². The van der Waals surface area contributed by atoms with Crippen molar-refractivity contribution in [2.24, 2.45) is 0 Å². The molecular weight excluding hydrogens is 260 g/mol. The van der Waals surface area contributed by atoms with Crippen LogP contribution in [0.15, 0.2) is 46.9 Å². The molecule has 2 heteroatoms. The van der Waals surface area contributed by atoms with Gasteiger partial charge in [0.25, 0.3) is 0 Å². The average molecular weight is 280 g/mol. The molecular formula is C19H20O2. The average Bonchev–Trinajstić information content (AvgIpc) is 2.78. The fraction of sp³-hybridized carbons (Fsp3) is 0.263. The standard InChI is InChI=1S/C19H20O2/c1-12-8-9-13(2)15(10-12)11-17(20)19-14(3)21-18-7-5-4-6-16(18)19/h4-10,17,20H,11H2,1-3H3. The van der Waals surface area contributed by atoms with Gasteiger partial charge in [-0.3, -0.25) is 0 Å². The Kier molecular flexibility index (Phi) is 3.56. The molecule has 108 valence electrons. The van der Waals surface area contributed by atoms with E-state index in [2.05, 4.69) is 32.0 Å². The first-order valence-electron chi connectivity index (χ1n) is 7.28. The molecule has 21 heavy (non-hydrogen) atoms. The van der Waals surface area contributed by atoms with Gasteiger partial charge < -0.3 is 9.52 Å². The van der Waals surface area contributed by atoms with E-state index in [1.165, 1.54) is 16.7 Å². The van der Waals surface area contributed by atoms with Gasteiger partial charge in [-0.25, -0.2) is 0 Å². The molecule has 0 amide bonds. The van der Waals surface area contributed by atoms with E-state index in [4.69, 9.17) is 4.42 Å². The number of aliphatic hydroxyl groups excluding tert-OH is 1. The van der Waals surface area contributed by atoms with Crippen molar-refractivity contribution in [3.63, 3.8) is 0 Å². The summed E-state index contributed by atoms with van der Waals surface area (Å²) in [7, 11) is 0. The number of hydrogen-bond donors (Lipinski definition) is 1. The highest BCUT2D eigenvalue weighted by atomic mass is 16.3. The van der Waals surface area contributed by atoms with Gasteiger partial charge in [0, 0.05) is 17.4 Å². The second-order valence-electron chi connectivity index (χ2n) is 5.72. The Morgan fingerprint density at radius 1 is 1.05 bits per heavy atom. The van der Waals surface area contributed by atoms with Gasteiger partial charge in [-0.15, -0.1) is 0 Å². The monoisotopic (exact) mass is 280 g/mol. The summed E-state index contributed by atoms with van der Waals surface area (Å²) in [6, 6.07) is 14.2. The zero-order chi connectivity index (χ0) is 15.0. The van der Waals surface area contributed by atoms with Crippen LogP contribution >= 0.6 is 0 Å². The summed E-state index contributed by atoms with van der Waals surface area (Å²) in [6.45, 7) is 6.08. The first-order chi connectivity index (χ1) is 10.1. The second-order valence-corrected chi connectivity index (χ2v) is 5.72. The molecule has 3 rings (SSSR count). The van der Waals surface area contributed by atoms with Crippen molar-refractivity contribution >= 4 is 11.0 Å². The Morgan fingerprint density at radius 2 is 1.81 bits per heavy atom. The largest absolute Gasteiger partial charge is 0.461 e. The van der Waals surface area contributed by atoms with Crippen LogP contribution in [0, 0.1) is 20.8 Å². The Bertz CT molecular complexity index is 783. The first-order valence-corrected chi connectivity index (χ1v) is 7.28. The molecule has 0 bridgehead atoms. The molecule has 2 aromatic carbocycles. The van der Waals surface area contributed by atoms with Crippen LogP contribution in [0.4, 0.5) is 0 Å². The number of hydrogen-bond acceptors (Lipinski definition) is 2. The summed E-state index contributed by atoms with van der Waals surface area (Å²) in [6.07, 6.45) is 0.0619. The fourth-order valence-corrected chi connectivity index (χ4v) is 2.93. The summed E-state index contributed by atoms with van der Waals surface area (Å²) < 4.78 is 5.75. The molecule has 1 heterocycles. The minimum absolute atomic E-state index is 0.547. The number of rotatable bonds is 3. The number of aliphatic hydroxyl groups is 1. The van der Waals surface area contributed by atoms with Gasteiger partial charge in [-0.1, -0.05) is 42.0 Å². The summed E-state index contributed by atoms with van der Waals surface area (Å²) in [5.74, 6) is 0.800. The molecule has 0 fully saturated rings. The highest BCUT2D eigenvalue weighted by Crippen LogP contribution is 2.32.